The van der Waals surface area contributed by atoms with Gasteiger partial charge in [-0.2, -0.15) is 0 Å². The van der Waals surface area contributed by atoms with Gasteiger partial charge in [0.1, 0.15) is 10.9 Å². The first-order valence-electron chi connectivity index (χ1n) is 8.42. The van der Waals surface area contributed by atoms with Gasteiger partial charge < -0.3 is 14.6 Å². The summed E-state index contributed by atoms with van der Waals surface area (Å²) in [5, 5.41) is 8.92. The first-order valence-corrected chi connectivity index (χ1v) is 10.7. The van der Waals surface area contributed by atoms with Crippen LogP contribution in [-0.2, 0) is 9.59 Å². The summed E-state index contributed by atoms with van der Waals surface area (Å²) in [5.74, 6) is -1.59. The van der Waals surface area contributed by atoms with E-state index in [2.05, 4.69) is 22.6 Å². The molecule has 2 aromatic rings. The summed E-state index contributed by atoms with van der Waals surface area (Å²) >= 11 is 8.16. The van der Waals surface area contributed by atoms with Gasteiger partial charge in [-0.25, -0.2) is 4.79 Å². The van der Waals surface area contributed by atoms with Crippen LogP contribution in [0.3, 0.4) is 0 Å². The summed E-state index contributed by atoms with van der Waals surface area (Å²) in [4.78, 5) is 37.1. The van der Waals surface area contributed by atoms with E-state index in [9.17, 15) is 14.4 Å². The van der Waals surface area contributed by atoms with E-state index in [0.29, 0.717) is 21.8 Å². The molecule has 10 heteroatoms. The van der Waals surface area contributed by atoms with Gasteiger partial charge >= 0.3 is 11.9 Å². The standard InChI is InChI=1S/C20H14INO6S2/c1-27-15-8-11(9-16-18(25)22(10-17(23)24)20(29)30-16)6-7-14(15)28-19(26)12-4-2-3-5-13(12)21/h2-9H,10H2,1H3,(H,23,24)/b16-9-. The summed E-state index contributed by atoms with van der Waals surface area (Å²) in [6.07, 6.45) is 1.58. The normalized spacial score (nSPS) is 14.9. The third-order valence-corrected chi connectivity index (χ3v) is 6.27. The fourth-order valence-corrected chi connectivity index (χ4v) is 4.43. The zero-order valence-electron chi connectivity index (χ0n) is 15.5. The zero-order chi connectivity index (χ0) is 21.8. The van der Waals surface area contributed by atoms with Crippen LogP contribution >= 0.6 is 46.6 Å². The van der Waals surface area contributed by atoms with Gasteiger partial charge in [0.05, 0.1) is 17.6 Å². The number of amides is 1. The molecule has 7 nitrogen and oxygen atoms in total. The zero-order valence-corrected chi connectivity index (χ0v) is 19.2. The molecule has 1 aliphatic rings. The molecule has 0 radical (unpaired) electrons. The third kappa shape index (κ3) is 4.99. The fraction of sp³-hybridized carbons (Fsp3) is 0.100. The first-order chi connectivity index (χ1) is 14.3. The summed E-state index contributed by atoms with van der Waals surface area (Å²) in [6, 6.07) is 11.9. The van der Waals surface area contributed by atoms with Gasteiger partial charge in [-0.05, 0) is 58.5 Å². The van der Waals surface area contributed by atoms with Crippen LogP contribution in [-0.4, -0.2) is 45.8 Å². The monoisotopic (exact) mass is 555 g/mol. The van der Waals surface area contributed by atoms with Crippen LogP contribution in [0, 0.1) is 3.57 Å². The van der Waals surface area contributed by atoms with Crippen molar-refractivity contribution in [3.8, 4) is 11.5 Å². The minimum absolute atomic E-state index is 0.184. The Balaban J connectivity index is 1.82. The van der Waals surface area contributed by atoms with E-state index in [0.717, 1.165) is 20.2 Å². The molecule has 0 aliphatic carbocycles. The lowest BCUT2D eigenvalue weighted by Crippen LogP contribution is -2.33. The second-order valence-electron chi connectivity index (χ2n) is 5.94. The van der Waals surface area contributed by atoms with Crippen LogP contribution in [0.2, 0.25) is 0 Å². The molecule has 1 saturated heterocycles. The maximum atomic E-state index is 12.5. The molecule has 0 spiro atoms. The van der Waals surface area contributed by atoms with Gasteiger partial charge in [0.15, 0.2) is 11.5 Å². The fourth-order valence-electron chi connectivity index (χ4n) is 2.56. The Bertz CT molecular complexity index is 1080. The van der Waals surface area contributed by atoms with Crippen molar-refractivity contribution in [1.29, 1.82) is 0 Å². The highest BCUT2D eigenvalue weighted by Crippen LogP contribution is 2.35. The number of hydrogen-bond acceptors (Lipinski definition) is 7. The molecule has 0 atom stereocenters. The number of carboxylic acid groups (broad SMARTS) is 1. The number of benzene rings is 2. The van der Waals surface area contributed by atoms with Gasteiger partial charge in [-0.3, -0.25) is 14.5 Å². The van der Waals surface area contributed by atoms with Gasteiger partial charge in [-0.1, -0.05) is 42.2 Å². The summed E-state index contributed by atoms with van der Waals surface area (Å²) in [6.45, 7) is -0.488. The van der Waals surface area contributed by atoms with Crippen molar-refractivity contribution in [3.63, 3.8) is 0 Å². The smallest absolute Gasteiger partial charge is 0.344 e. The Morgan fingerprint density at radius 2 is 1.97 bits per heavy atom. The molecular formula is C20H14INO6S2. The largest absolute Gasteiger partial charge is 0.493 e. The van der Waals surface area contributed by atoms with Gasteiger partial charge in [0.25, 0.3) is 5.91 Å². The Morgan fingerprint density at radius 1 is 1.23 bits per heavy atom. The van der Waals surface area contributed by atoms with Crippen molar-refractivity contribution in [1.82, 2.24) is 4.90 Å². The molecule has 3 rings (SSSR count). The second kappa shape index (κ2) is 9.58. The molecule has 154 valence electrons. The summed E-state index contributed by atoms with van der Waals surface area (Å²) in [5.41, 5.74) is 1.04. The van der Waals surface area contributed by atoms with E-state index in [4.69, 9.17) is 26.8 Å². The summed E-state index contributed by atoms with van der Waals surface area (Å²) < 4.78 is 11.7. The Kier molecular flexibility index (Phi) is 7.10. The number of thiocarbonyl (C=S) groups is 1. The lowest BCUT2D eigenvalue weighted by molar-refractivity contribution is -0.140. The lowest BCUT2D eigenvalue weighted by atomic mass is 10.1. The molecule has 1 heterocycles. The van der Waals surface area contributed by atoms with Crippen LogP contribution in [0.25, 0.3) is 6.08 Å². The molecule has 1 N–H and O–H groups in total. The van der Waals surface area contributed by atoms with Crippen LogP contribution in [0.1, 0.15) is 15.9 Å². The van der Waals surface area contributed by atoms with Crippen LogP contribution in [0.5, 0.6) is 11.5 Å². The molecule has 1 fully saturated rings. The molecule has 0 saturated carbocycles. The van der Waals surface area contributed by atoms with Gasteiger partial charge in [0, 0.05) is 3.57 Å². The minimum Gasteiger partial charge on any atom is -0.493 e. The average Bonchev–Trinajstić information content (AvgIpc) is 2.96. The summed E-state index contributed by atoms with van der Waals surface area (Å²) in [7, 11) is 1.44. The number of esters is 1. The molecule has 1 aliphatic heterocycles. The molecule has 2 aromatic carbocycles. The number of halogens is 1. The van der Waals surface area contributed by atoms with E-state index >= 15 is 0 Å². The number of ether oxygens (including phenoxy) is 2. The Labute approximate surface area is 195 Å². The van der Waals surface area contributed by atoms with Gasteiger partial charge in [0.2, 0.25) is 0 Å². The highest BCUT2D eigenvalue weighted by atomic mass is 127. The SMILES string of the molecule is COc1cc(/C=C2\SC(=S)N(CC(=O)O)C2=O)ccc1OC(=O)c1ccccc1I. The van der Waals surface area contributed by atoms with E-state index in [1.165, 1.54) is 7.11 Å². The number of nitrogens with zero attached hydrogens (tertiary/aromatic N) is 1. The van der Waals surface area contributed by atoms with E-state index < -0.39 is 24.4 Å². The van der Waals surface area contributed by atoms with Crippen LogP contribution in [0.4, 0.5) is 0 Å². The molecule has 30 heavy (non-hydrogen) atoms. The highest BCUT2D eigenvalue weighted by Gasteiger charge is 2.33. The minimum atomic E-state index is -1.14. The number of methoxy groups -OCH3 is 1. The van der Waals surface area contributed by atoms with E-state index in [-0.39, 0.29) is 10.1 Å². The lowest BCUT2D eigenvalue weighted by Gasteiger charge is -2.11. The molecule has 0 unspecified atom stereocenters. The predicted molar refractivity (Wildman–Crippen MR) is 125 cm³/mol. The number of hydrogen-bond donors (Lipinski definition) is 1. The van der Waals surface area contributed by atoms with Crippen molar-refractivity contribution in [2.75, 3.05) is 13.7 Å². The van der Waals surface area contributed by atoms with Crippen molar-refractivity contribution >= 4 is 74.8 Å². The number of carbonyl (C=O) groups excluding carboxylic acids is 2. The van der Waals surface area contributed by atoms with E-state index in [1.54, 1.807) is 42.5 Å². The van der Waals surface area contributed by atoms with Crippen molar-refractivity contribution in [2.45, 2.75) is 0 Å². The maximum absolute atomic E-state index is 12.5. The van der Waals surface area contributed by atoms with Gasteiger partial charge in [-0.15, -0.1) is 0 Å². The molecule has 1 amide bonds. The number of thioether (sulfide) groups is 1. The Morgan fingerprint density at radius 3 is 2.63 bits per heavy atom. The number of carboxylic acids is 1. The maximum Gasteiger partial charge on any atom is 0.344 e. The molecular weight excluding hydrogens is 541 g/mol. The van der Waals surface area contributed by atoms with Crippen LogP contribution in [0.15, 0.2) is 47.4 Å². The van der Waals surface area contributed by atoms with Crippen LogP contribution < -0.4 is 9.47 Å². The van der Waals surface area contributed by atoms with Crippen molar-refractivity contribution in [3.05, 3.63) is 62.1 Å². The van der Waals surface area contributed by atoms with Crippen molar-refractivity contribution < 1.29 is 29.0 Å². The number of carbonyl (C=O) groups is 3. The second-order valence-corrected chi connectivity index (χ2v) is 8.78. The molecule has 0 aromatic heterocycles. The molecule has 0 bridgehead atoms. The number of aliphatic carboxylic acids is 1. The highest BCUT2D eigenvalue weighted by molar-refractivity contribution is 14.1. The predicted octanol–water partition coefficient (Wildman–Crippen LogP) is 3.80. The van der Waals surface area contributed by atoms with E-state index in [1.807, 2.05) is 6.07 Å². The topological polar surface area (TPSA) is 93.1 Å². The Hall–Kier alpha value is -2.44. The third-order valence-electron chi connectivity index (χ3n) is 3.95. The average molecular weight is 555 g/mol. The number of rotatable bonds is 6. The van der Waals surface area contributed by atoms with Crippen molar-refractivity contribution in [2.24, 2.45) is 0 Å². The quantitative estimate of drug-likeness (QED) is 0.189. The first kappa shape index (κ1) is 22.2.